The lowest BCUT2D eigenvalue weighted by molar-refractivity contribution is 0.0526. The zero-order valence-electron chi connectivity index (χ0n) is 12.4. The van der Waals surface area contributed by atoms with Crippen LogP contribution in [-0.2, 0) is 4.74 Å². The fourth-order valence-electron chi connectivity index (χ4n) is 1.45. The summed E-state index contributed by atoms with van der Waals surface area (Å²) in [7, 11) is 0. The number of benzene rings is 1. The summed E-state index contributed by atoms with van der Waals surface area (Å²) < 4.78 is 18.4. The van der Waals surface area contributed by atoms with Crippen molar-refractivity contribution in [2.45, 2.75) is 26.4 Å². The largest absolute Gasteiger partial charge is 0.444 e. The zero-order chi connectivity index (χ0) is 16.9. The topological polar surface area (TPSA) is 67.4 Å². The minimum atomic E-state index is -0.733. The van der Waals surface area contributed by atoms with Gasteiger partial charge in [-0.05, 0) is 32.9 Å². The molecule has 0 fully saturated rings. The summed E-state index contributed by atoms with van der Waals surface area (Å²) >= 11 is 11.4. The van der Waals surface area contributed by atoms with Crippen molar-refractivity contribution in [3.63, 3.8) is 0 Å². The number of amides is 2. The van der Waals surface area contributed by atoms with Crippen LogP contribution >= 0.6 is 23.2 Å². The van der Waals surface area contributed by atoms with Crippen molar-refractivity contribution < 1.29 is 18.7 Å². The summed E-state index contributed by atoms with van der Waals surface area (Å²) in [6.45, 7) is 5.52. The van der Waals surface area contributed by atoms with Crippen LogP contribution in [0.15, 0.2) is 12.1 Å². The smallest absolute Gasteiger partial charge is 0.407 e. The Morgan fingerprint density at radius 2 is 1.73 bits per heavy atom. The highest BCUT2D eigenvalue weighted by Gasteiger charge is 2.16. The molecule has 0 spiro atoms. The number of carbonyl (C=O) groups excluding carboxylic acids is 2. The van der Waals surface area contributed by atoms with Gasteiger partial charge in [0.05, 0.1) is 15.6 Å². The SMILES string of the molecule is CC(C)(C)OC(=O)NCCNC(=O)c1cc(F)c(Cl)cc1Cl. The van der Waals surface area contributed by atoms with Crippen LogP contribution in [0, 0.1) is 5.82 Å². The molecule has 0 heterocycles. The molecule has 0 aliphatic rings. The average Bonchev–Trinajstić information content (AvgIpc) is 2.36. The molecule has 0 aliphatic carbocycles. The Morgan fingerprint density at radius 3 is 2.32 bits per heavy atom. The van der Waals surface area contributed by atoms with Gasteiger partial charge in [0, 0.05) is 13.1 Å². The van der Waals surface area contributed by atoms with Crippen LogP contribution < -0.4 is 10.6 Å². The maximum atomic E-state index is 13.3. The quantitative estimate of drug-likeness (QED) is 0.646. The van der Waals surface area contributed by atoms with Crippen LogP contribution in [0.3, 0.4) is 0 Å². The molecule has 0 unspecified atom stereocenters. The summed E-state index contributed by atoms with van der Waals surface area (Å²) in [5.41, 5.74) is -0.623. The lowest BCUT2D eigenvalue weighted by Gasteiger charge is -2.19. The third-order valence-corrected chi connectivity index (χ3v) is 2.94. The second-order valence-electron chi connectivity index (χ2n) is 5.43. The molecular weight excluding hydrogens is 334 g/mol. The summed E-state index contributed by atoms with van der Waals surface area (Å²) in [5, 5.41) is 4.86. The molecule has 8 heteroatoms. The van der Waals surface area contributed by atoms with Gasteiger partial charge in [-0.25, -0.2) is 9.18 Å². The Labute approximate surface area is 138 Å². The van der Waals surface area contributed by atoms with E-state index in [9.17, 15) is 14.0 Å². The maximum absolute atomic E-state index is 13.3. The predicted octanol–water partition coefficient (Wildman–Crippen LogP) is 3.39. The average molecular weight is 351 g/mol. The lowest BCUT2D eigenvalue weighted by Crippen LogP contribution is -2.37. The molecule has 1 rings (SSSR count). The van der Waals surface area contributed by atoms with Crippen molar-refractivity contribution >= 4 is 35.2 Å². The summed E-state index contributed by atoms with van der Waals surface area (Å²) in [4.78, 5) is 23.2. The first-order valence-electron chi connectivity index (χ1n) is 6.50. The van der Waals surface area contributed by atoms with Gasteiger partial charge in [-0.15, -0.1) is 0 Å². The Kier molecular flexibility index (Phi) is 6.44. The summed E-state index contributed by atoms with van der Waals surface area (Å²) in [6.07, 6.45) is -0.586. The second kappa shape index (κ2) is 7.65. The maximum Gasteiger partial charge on any atom is 0.407 e. The number of hydrogen-bond donors (Lipinski definition) is 2. The highest BCUT2D eigenvalue weighted by Crippen LogP contribution is 2.24. The Hall–Kier alpha value is -1.53. The molecule has 0 aromatic heterocycles. The standard InChI is InChI=1S/C14H17Cl2FN2O3/c1-14(2,3)22-13(21)19-5-4-18-12(20)8-6-11(17)10(16)7-9(8)15/h6-7H,4-5H2,1-3H3,(H,18,20)(H,19,21). The molecule has 0 aliphatic heterocycles. The fraction of sp³-hybridized carbons (Fsp3) is 0.429. The molecule has 0 bridgehead atoms. The number of rotatable bonds is 4. The minimum absolute atomic E-state index is 0.0270. The molecule has 0 radical (unpaired) electrons. The summed E-state index contributed by atoms with van der Waals surface area (Å²) in [6, 6.07) is 2.12. The fourth-order valence-corrected chi connectivity index (χ4v) is 1.92. The van der Waals surface area contributed by atoms with E-state index in [1.165, 1.54) is 0 Å². The number of halogens is 3. The van der Waals surface area contributed by atoms with E-state index in [4.69, 9.17) is 27.9 Å². The van der Waals surface area contributed by atoms with E-state index < -0.39 is 23.4 Å². The van der Waals surface area contributed by atoms with Gasteiger partial charge in [-0.2, -0.15) is 0 Å². The van der Waals surface area contributed by atoms with Crippen LogP contribution in [0.5, 0.6) is 0 Å². The number of carbonyl (C=O) groups is 2. The third-order valence-electron chi connectivity index (χ3n) is 2.33. The summed E-state index contributed by atoms with van der Waals surface area (Å²) in [5.74, 6) is -1.30. The van der Waals surface area contributed by atoms with Crippen molar-refractivity contribution in [2.24, 2.45) is 0 Å². The van der Waals surface area contributed by atoms with Crippen molar-refractivity contribution in [3.8, 4) is 0 Å². The molecule has 2 N–H and O–H groups in total. The number of ether oxygens (including phenoxy) is 1. The number of nitrogens with one attached hydrogen (secondary N) is 2. The van der Waals surface area contributed by atoms with Crippen LogP contribution in [0.2, 0.25) is 10.0 Å². The van der Waals surface area contributed by atoms with Gasteiger partial charge < -0.3 is 15.4 Å². The molecule has 2 amide bonds. The van der Waals surface area contributed by atoms with Gasteiger partial charge in [0.15, 0.2) is 0 Å². The highest BCUT2D eigenvalue weighted by atomic mass is 35.5. The Bertz CT molecular complexity index is 574. The first kappa shape index (κ1) is 18.5. The molecule has 122 valence electrons. The number of alkyl carbamates (subject to hydrolysis) is 1. The van der Waals surface area contributed by atoms with Crippen LogP contribution in [0.1, 0.15) is 31.1 Å². The first-order valence-corrected chi connectivity index (χ1v) is 7.25. The van der Waals surface area contributed by atoms with E-state index >= 15 is 0 Å². The molecule has 1 aromatic rings. The van der Waals surface area contributed by atoms with Crippen molar-refractivity contribution in [1.29, 1.82) is 0 Å². The van der Waals surface area contributed by atoms with E-state index in [0.29, 0.717) is 0 Å². The van der Waals surface area contributed by atoms with Crippen LogP contribution in [0.4, 0.5) is 9.18 Å². The van der Waals surface area contributed by atoms with E-state index in [-0.39, 0.29) is 28.7 Å². The monoisotopic (exact) mass is 350 g/mol. The molecule has 0 saturated carbocycles. The van der Waals surface area contributed by atoms with Gasteiger partial charge in [0.25, 0.3) is 5.91 Å². The Morgan fingerprint density at radius 1 is 1.14 bits per heavy atom. The normalized spacial score (nSPS) is 11.0. The highest BCUT2D eigenvalue weighted by molar-refractivity contribution is 6.36. The minimum Gasteiger partial charge on any atom is -0.444 e. The first-order chi connectivity index (χ1) is 10.1. The van der Waals surface area contributed by atoms with Crippen LogP contribution in [0.25, 0.3) is 0 Å². The molecule has 22 heavy (non-hydrogen) atoms. The van der Waals surface area contributed by atoms with Gasteiger partial charge >= 0.3 is 6.09 Å². The van der Waals surface area contributed by atoms with E-state index in [0.717, 1.165) is 12.1 Å². The van der Waals surface area contributed by atoms with Crippen molar-refractivity contribution in [2.75, 3.05) is 13.1 Å². The predicted molar refractivity (Wildman–Crippen MR) is 83.0 cm³/mol. The number of hydrogen-bond acceptors (Lipinski definition) is 3. The van der Waals surface area contributed by atoms with Gasteiger partial charge in [-0.1, -0.05) is 23.2 Å². The van der Waals surface area contributed by atoms with Gasteiger partial charge in [0.1, 0.15) is 11.4 Å². The molecule has 0 atom stereocenters. The van der Waals surface area contributed by atoms with Gasteiger partial charge in [-0.3, -0.25) is 4.79 Å². The van der Waals surface area contributed by atoms with E-state index in [1.54, 1.807) is 20.8 Å². The molecule has 5 nitrogen and oxygen atoms in total. The Balaban J connectivity index is 2.44. The third kappa shape index (κ3) is 6.07. The van der Waals surface area contributed by atoms with E-state index in [2.05, 4.69) is 10.6 Å². The molecule has 1 aromatic carbocycles. The van der Waals surface area contributed by atoms with Gasteiger partial charge in [0.2, 0.25) is 0 Å². The molecular formula is C14H17Cl2FN2O3. The van der Waals surface area contributed by atoms with Crippen LogP contribution in [-0.4, -0.2) is 30.7 Å². The van der Waals surface area contributed by atoms with E-state index in [1.807, 2.05) is 0 Å². The van der Waals surface area contributed by atoms with Crippen molar-refractivity contribution in [3.05, 3.63) is 33.6 Å². The second-order valence-corrected chi connectivity index (χ2v) is 6.25. The van der Waals surface area contributed by atoms with Crippen molar-refractivity contribution in [1.82, 2.24) is 10.6 Å². The lowest BCUT2D eigenvalue weighted by atomic mass is 10.2. The molecule has 0 saturated heterocycles. The zero-order valence-corrected chi connectivity index (χ0v) is 13.9.